The van der Waals surface area contributed by atoms with E-state index in [1.165, 1.54) is 4.68 Å². The highest BCUT2D eigenvalue weighted by molar-refractivity contribution is 14.1. The van der Waals surface area contributed by atoms with Crippen LogP contribution in [0.1, 0.15) is 11.3 Å². The Morgan fingerprint density at radius 2 is 2.17 bits per heavy atom. The summed E-state index contributed by atoms with van der Waals surface area (Å²) in [6.45, 7) is 7.65. The molecule has 0 aliphatic heterocycles. The molecule has 100 valence electrons. The van der Waals surface area contributed by atoms with Crippen molar-refractivity contribution in [3.05, 3.63) is 15.0 Å². The first-order chi connectivity index (χ1) is 8.39. The summed E-state index contributed by atoms with van der Waals surface area (Å²) in [5.74, 6) is 0. The Labute approximate surface area is 122 Å². The predicted octanol–water partition coefficient (Wildman–Crippen LogP) is 2.16. The third-order valence-electron chi connectivity index (χ3n) is 2.48. The van der Waals surface area contributed by atoms with E-state index in [1.807, 2.05) is 22.6 Å². The Balaban J connectivity index is 2.61. The topological polar surface area (TPSA) is 71.1 Å². The number of rotatable bonds is 6. The van der Waals surface area contributed by atoms with Crippen molar-refractivity contribution < 1.29 is 9.84 Å². The molecule has 1 aromatic rings. The minimum absolute atomic E-state index is 0.171. The third-order valence-corrected chi connectivity index (χ3v) is 5.05. The van der Waals surface area contributed by atoms with Gasteiger partial charge in [0.15, 0.2) is 0 Å². The molecule has 1 N–H and O–H groups in total. The Hall–Kier alpha value is -0.433. The normalized spacial score (nSPS) is 11.6. The molecule has 0 fully saturated rings. The van der Waals surface area contributed by atoms with Crippen LogP contribution in [0.5, 0.6) is 0 Å². The molecule has 1 rings (SSSR count). The average Bonchev–Trinajstić information content (AvgIpc) is 2.58. The van der Waals surface area contributed by atoms with Gasteiger partial charge in [-0.3, -0.25) is 0 Å². The van der Waals surface area contributed by atoms with Crippen LogP contribution in [0.4, 0.5) is 0 Å². The first-order valence-corrected chi connectivity index (χ1v) is 10.5. The summed E-state index contributed by atoms with van der Waals surface area (Å²) in [5.41, 5.74) is 0.960. The molecule has 0 amide bonds. The van der Waals surface area contributed by atoms with Gasteiger partial charge in [0.1, 0.15) is 22.2 Å². The zero-order chi connectivity index (χ0) is 13.8. The molecule has 0 spiro atoms. The lowest BCUT2D eigenvalue weighted by molar-refractivity contribution is 0.0776. The van der Waals surface area contributed by atoms with E-state index in [0.29, 0.717) is 21.6 Å². The number of nitriles is 1. The molecule has 0 aliphatic rings. The van der Waals surface area contributed by atoms with Gasteiger partial charge >= 0.3 is 0 Å². The molecule has 0 aromatic carbocycles. The van der Waals surface area contributed by atoms with E-state index in [9.17, 15) is 5.11 Å². The SMILES string of the molecule is C[Si](C)(C)CCOCn1nc(I)c(CO)c1C#N. The summed E-state index contributed by atoms with van der Waals surface area (Å²) < 4.78 is 7.71. The highest BCUT2D eigenvalue weighted by atomic mass is 127. The van der Waals surface area contributed by atoms with Crippen molar-refractivity contribution in [2.24, 2.45) is 0 Å². The monoisotopic (exact) mass is 379 g/mol. The van der Waals surface area contributed by atoms with Gasteiger partial charge in [0.2, 0.25) is 0 Å². The van der Waals surface area contributed by atoms with Gasteiger partial charge < -0.3 is 9.84 Å². The van der Waals surface area contributed by atoms with E-state index < -0.39 is 8.07 Å². The maximum Gasteiger partial charge on any atom is 0.147 e. The summed E-state index contributed by atoms with van der Waals surface area (Å²) >= 11 is 2.01. The highest BCUT2D eigenvalue weighted by Gasteiger charge is 2.16. The van der Waals surface area contributed by atoms with Crippen LogP contribution in [0.25, 0.3) is 0 Å². The minimum Gasteiger partial charge on any atom is -0.391 e. The Morgan fingerprint density at radius 1 is 1.50 bits per heavy atom. The zero-order valence-corrected chi connectivity index (χ0v) is 14.1. The molecule has 0 radical (unpaired) electrons. The first kappa shape index (κ1) is 15.6. The lowest BCUT2D eigenvalue weighted by Gasteiger charge is -2.15. The maximum absolute atomic E-state index is 9.18. The van der Waals surface area contributed by atoms with Crippen LogP contribution in [0, 0.1) is 15.0 Å². The summed E-state index contributed by atoms with van der Waals surface area (Å²) in [6.07, 6.45) is 0. The fourth-order valence-electron chi connectivity index (χ4n) is 1.36. The smallest absolute Gasteiger partial charge is 0.147 e. The highest BCUT2D eigenvalue weighted by Crippen LogP contribution is 2.16. The van der Waals surface area contributed by atoms with Crippen LogP contribution in [-0.2, 0) is 18.1 Å². The second kappa shape index (κ2) is 6.65. The van der Waals surface area contributed by atoms with Crippen molar-refractivity contribution in [3.63, 3.8) is 0 Å². The second-order valence-corrected chi connectivity index (χ2v) is 11.9. The van der Waals surface area contributed by atoms with Crippen molar-refractivity contribution in [3.8, 4) is 6.07 Å². The van der Waals surface area contributed by atoms with Gasteiger partial charge in [-0.2, -0.15) is 10.4 Å². The molecule has 0 saturated carbocycles. The molecule has 5 nitrogen and oxygen atoms in total. The second-order valence-electron chi connectivity index (χ2n) is 5.24. The standard InChI is InChI=1S/C11H18IN3O2Si/c1-18(2,3)5-4-17-8-15-10(6-13)9(7-16)11(12)14-15/h16H,4-5,7-8H2,1-3H3. The Kier molecular flexibility index (Phi) is 5.77. The van der Waals surface area contributed by atoms with Crippen molar-refractivity contribution in [1.29, 1.82) is 5.26 Å². The van der Waals surface area contributed by atoms with E-state index in [1.54, 1.807) is 0 Å². The molecule has 7 heteroatoms. The molecule has 18 heavy (non-hydrogen) atoms. The molecule has 0 saturated heterocycles. The average molecular weight is 379 g/mol. The van der Waals surface area contributed by atoms with Crippen LogP contribution in [0.2, 0.25) is 25.7 Å². The molecule has 0 bridgehead atoms. The van der Waals surface area contributed by atoms with Gasteiger partial charge in [0.05, 0.1) is 6.61 Å². The fraction of sp³-hybridized carbons (Fsp3) is 0.636. The lowest BCUT2D eigenvalue weighted by Crippen LogP contribution is -2.22. The van der Waals surface area contributed by atoms with Gasteiger partial charge in [-0.15, -0.1) is 0 Å². The number of nitrogens with zero attached hydrogens (tertiary/aromatic N) is 3. The fourth-order valence-corrected chi connectivity index (χ4v) is 2.80. The van der Waals surface area contributed by atoms with Gasteiger partial charge in [0, 0.05) is 20.2 Å². The predicted molar refractivity (Wildman–Crippen MR) is 79.7 cm³/mol. The van der Waals surface area contributed by atoms with Crippen molar-refractivity contribution in [2.45, 2.75) is 39.0 Å². The third kappa shape index (κ3) is 4.35. The number of ether oxygens (including phenoxy) is 1. The van der Waals surface area contributed by atoms with Gasteiger partial charge in [-0.05, 0) is 28.6 Å². The number of hydrogen-bond donors (Lipinski definition) is 1. The maximum atomic E-state index is 9.18. The number of aliphatic hydroxyl groups excluding tert-OH is 1. The Morgan fingerprint density at radius 3 is 2.67 bits per heavy atom. The van der Waals surface area contributed by atoms with Gasteiger partial charge in [-0.25, -0.2) is 4.68 Å². The summed E-state index contributed by atoms with van der Waals surface area (Å²) in [7, 11) is -1.09. The van der Waals surface area contributed by atoms with Crippen molar-refractivity contribution >= 4 is 30.7 Å². The number of aliphatic hydroxyl groups is 1. The van der Waals surface area contributed by atoms with E-state index in [4.69, 9.17) is 10.00 Å². The van der Waals surface area contributed by atoms with E-state index in [2.05, 4.69) is 30.8 Å². The van der Waals surface area contributed by atoms with Gasteiger partial charge in [0.25, 0.3) is 0 Å². The minimum atomic E-state index is -1.09. The molecule has 1 aromatic heterocycles. The molecule has 0 aliphatic carbocycles. The van der Waals surface area contributed by atoms with Crippen LogP contribution in [0.15, 0.2) is 0 Å². The van der Waals surface area contributed by atoms with Crippen LogP contribution in [-0.4, -0.2) is 29.6 Å². The van der Waals surface area contributed by atoms with Crippen LogP contribution >= 0.6 is 22.6 Å². The summed E-state index contributed by atoms with van der Waals surface area (Å²) in [5, 5.41) is 22.4. The molecule has 0 atom stereocenters. The number of hydrogen-bond acceptors (Lipinski definition) is 4. The quantitative estimate of drug-likeness (QED) is 0.467. The lowest BCUT2D eigenvalue weighted by atomic mass is 10.3. The molecular weight excluding hydrogens is 361 g/mol. The summed E-state index contributed by atoms with van der Waals surface area (Å²) in [4.78, 5) is 0. The number of aromatic nitrogens is 2. The largest absolute Gasteiger partial charge is 0.391 e. The summed E-state index contributed by atoms with van der Waals surface area (Å²) in [6, 6.07) is 3.14. The number of halogens is 1. The molecular formula is C11H18IN3O2Si. The zero-order valence-electron chi connectivity index (χ0n) is 10.9. The van der Waals surface area contributed by atoms with Crippen molar-refractivity contribution in [2.75, 3.05) is 6.61 Å². The van der Waals surface area contributed by atoms with Gasteiger partial charge in [-0.1, -0.05) is 19.6 Å². The Bertz CT molecular complexity index is 448. The van der Waals surface area contributed by atoms with E-state index >= 15 is 0 Å². The molecule has 1 heterocycles. The van der Waals surface area contributed by atoms with Crippen LogP contribution < -0.4 is 0 Å². The van der Waals surface area contributed by atoms with Crippen LogP contribution in [0.3, 0.4) is 0 Å². The first-order valence-electron chi connectivity index (χ1n) is 5.73. The van der Waals surface area contributed by atoms with Crippen molar-refractivity contribution in [1.82, 2.24) is 9.78 Å². The van der Waals surface area contributed by atoms with E-state index in [-0.39, 0.29) is 13.3 Å². The van der Waals surface area contributed by atoms with E-state index in [0.717, 1.165) is 6.04 Å². The molecule has 0 unspecified atom stereocenters.